The second-order valence-electron chi connectivity index (χ2n) is 3.98. The lowest BCUT2D eigenvalue weighted by molar-refractivity contribution is 0.547. The summed E-state index contributed by atoms with van der Waals surface area (Å²) < 4.78 is 47.1. The first-order valence-electron chi connectivity index (χ1n) is 4.83. The normalized spacial score (nSPS) is 17.0. The van der Waals surface area contributed by atoms with Crippen LogP contribution in [0, 0.1) is 0 Å². The van der Waals surface area contributed by atoms with Gasteiger partial charge >= 0.3 is 0 Å². The molecule has 0 bridgehead atoms. The third-order valence-corrected chi connectivity index (χ3v) is 4.86. The maximum atomic E-state index is 11.5. The summed E-state index contributed by atoms with van der Waals surface area (Å²) in [6.45, 7) is 3.66. The van der Waals surface area contributed by atoms with Gasteiger partial charge in [-0.1, -0.05) is 22.9 Å². The van der Waals surface area contributed by atoms with Crippen molar-refractivity contribution in [1.82, 2.24) is 4.72 Å². The van der Waals surface area contributed by atoms with E-state index < -0.39 is 19.9 Å². The number of nitrogens with one attached hydrogen (secondary N) is 1. The van der Waals surface area contributed by atoms with E-state index in [4.69, 9.17) is 0 Å². The summed E-state index contributed by atoms with van der Waals surface area (Å²) in [5.74, 6) is -0.730. The number of alkyl halides is 1. The summed E-state index contributed by atoms with van der Waals surface area (Å²) in [6.07, 6.45) is 1.67. The van der Waals surface area contributed by atoms with E-state index in [0.717, 1.165) is 6.26 Å². The second kappa shape index (κ2) is 6.32. The van der Waals surface area contributed by atoms with Crippen molar-refractivity contribution in [2.24, 2.45) is 0 Å². The van der Waals surface area contributed by atoms with Crippen molar-refractivity contribution in [1.29, 1.82) is 0 Å². The lowest BCUT2D eigenvalue weighted by Crippen LogP contribution is -2.37. The third kappa shape index (κ3) is 9.56. The summed E-state index contributed by atoms with van der Waals surface area (Å²) >= 11 is 3.32. The van der Waals surface area contributed by atoms with Gasteiger partial charge in [-0.3, -0.25) is 0 Å². The van der Waals surface area contributed by atoms with Gasteiger partial charge in [-0.2, -0.15) is 0 Å². The molecule has 8 heteroatoms. The Hall–Kier alpha value is 0.340. The molecule has 1 N–H and O–H groups in total. The third-order valence-electron chi connectivity index (χ3n) is 1.78. The molecule has 5 nitrogen and oxygen atoms in total. The highest BCUT2D eigenvalue weighted by atomic mass is 79.9. The predicted molar refractivity (Wildman–Crippen MR) is 69.1 cm³/mol. The van der Waals surface area contributed by atoms with E-state index in [0.29, 0.717) is 6.42 Å². The quantitative estimate of drug-likeness (QED) is 0.687. The SMILES string of the molecule is CC(Br)CC(C)NS(=O)(=O)CCS(C)(=O)=O. The van der Waals surface area contributed by atoms with Gasteiger partial charge in [-0.15, -0.1) is 0 Å². The number of rotatable bonds is 7. The van der Waals surface area contributed by atoms with E-state index in [9.17, 15) is 16.8 Å². The minimum atomic E-state index is -3.51. The Morgan fingerprint density at radius 3 is 2.00 bits per heavy atom. The molecule has 16 heavy (non-hydrogen) atoms. The lowest BCUT2D eigenvalue weighted by Gasteiger charge is -2.15. The molecule has 0 aliphatic heterocycles. The molecule has 0 aliphatic rings. The summed E-state index contributed by atoms with van der Waals surface area (Å²) in [5.41, 5.74) is 0. The van der Waals surface area contributed by atoms with Crippen LogP contribution < -0.4 is 4.72 Å². The first kappa shape index (κ1) is 16.3. The van der Waals surface area contributed by atoms with Crippen LogP contribution >= 0.6 is 15.9 Å². The lowest BCUT2D eigenvalue weighted by atomic mass is 10.2. The van der Waals surface area contributed by atoms with Crippen molar-refractivity contribution in [3.63, 3.8) is 0 Å². The molecule has 0 aromatic heterocycles. The molecule has 0 spiro atoms. The minimum Gasteiger partial charge on any atom is -0.229 e. The van der Waals surface area contributed by atoms with Crippen LogP contribution in [0.3, 0.4) is 0 Å². The molecule has 0 saturated heterocycles. The van der Waals surface area contributed by atoms with E-state index in [1.807, 2.05) is 6.92 Å². The van der Waals surface area contributed by atoms with E-state index in [-0.39, 0.29) is 22.4 Å². The Morgan fingerprint density at radius 1 is 1.12 bits per heavy atom. The first-order valence-corrected chi connectivity index (χ1v) is 9.46. The van der Waals surface area contributed by atoms with Crippen LogP contribution in [0.4, 0.5) is 0 Å². The van der Waals surface area contributed by atoms with Crippen LogP contribution in [0.5, 0.6) is 0 Å². The summed E-state index contributed by atoms with van der Waals surface area (Å²) in [7, 11) is -6.75. The average molecular weight is 336 g/mol. The van der Waals surface area contributed by atoms with Gasteiger partial charge in [0.1, 0.15) is 9.84 Å². The fourth-order valence-corrected chi connectivity index (χ4v) is 4.64. The zero-order valence-electron chi connectivity index (χ0n) is 9.60. The fourth-order valence-electron chi connectivity index (χ4n) is 1.16. The fraction of sp³-hybridized carbons (Fsp3) is 1.00. The highest BCUT2D eigenvalue weighted by molar-refractivity contribution is 9.09. The van der Waals surface area contributed by atoms with Crippen molar-refractivity contribution in [3.8, 4) is 0 Å². The molecule has 98 valence electrons. The van der Waals surface area contributed by atoms with E-state index in [2.05, 4.69) is 20.7 Å². The Morgan fingerprint density at radius 2 is 1.62 bits per heavy atom. The van der Waals surface area contributed by atoms with Gasteiger partial charge in [-0.05, 0) is 13.3 Å². The van der Waals surface area contributed by atoms with Crippen LogP contribution in [-0.2, 0) is 19.9 Å². The van der Waals surface area contributed by atoms with Gasteiger partial charge in [0.2, 0.25) is 10.0 Å². The molecule has 0 aromatic carbocycles. The molecule has 0 saturated carbocycles. The van der Waals surface area contributed by atoms with E-state index >= 15 is 0 Å². The van der Waals surface area contributed by atoms with Crippen LogP contribution in [0.2, 0.25) is 0 Å². The van der Waals surface area contributed by atoms with Gasteiger partial charge in [0, 0.05) is 17.1 Å². The summed E-state index contributed by atoms with van der Waals surface area (Å²) in [4.78, 5) is 0.208. The predicted octanol–water partition coefficient (Wildman–Crippen LogP) is 0.512. The monoisotopic (exact) mass is 335 g/mol. The van der Waals surface area contributed by atoms with Crippen LogP contribution in [-0.4, -0.2) is 45.5 Å². The Kier molecular flexibility index (Phi) is 6.45. The molecule has 2 unspecified atom stereocenters. The van der Waals surface area contributed by atoms with Crippen molar-refractivity contribution >= 4 is 35.8 Å². The van der Waals surface area contributed by atoms with Gasteiger partial charge in [0.05, 0.1) is 11.5 Å². The van der Waals surface area contributed by atoms with Crippen molar-refractivity contribution in [2.45, 2.75) is 31.1 Å². The summed E-state index contributed by atoms with van der Waals surface area (Å²) in [6, 6.07) is -0.209. The van der Waals surface area contributed by atoms with Gasteiger partial charge in [-0.25, -0.2) is 21.6 Å². The molecular weight excluding hydrogens is 318 g/mol. The van der Waals surface area contributed by atoms with Crippen LogP contribution in [0.25, 0.3) is 0 Å². The molecule has 0 aliphatic carbocycles. The van der Waals surface area contributed by atoms with E-state index in [1.165, 1.54) is 0 Å². The van der Waals surface area contributed by atoms with Gasteiger partial charge < -0.3 is 0 Å². The zero-order chi connectivity index (χ0) is 13.0. The average Bonchev–Trinajstić information content (AvgIpc) is 1.96. The Labute approximate surface area is 106 Å². The van der Waals surface area contributed by atoms with Crippen LogP contribution in [0.15, 0.2) is 0 Å². The van der Waals surface area contributed by atoms with Gasteiger partial charge in [0.15, 0.2) is 0 Å². The number of hydrogen-bond donors (Lipinski definition) is 1. The number of sulfonamides is 1. The highest BCUT2D eigenvalue weighted by Crippen LogP contribution is 2.07. The molecule has 0 heterocycles. The smallest absolute Gasteiger partial charge is 0.212 e. The molecule has 0 radical (unpaired) electrons. The van der Waals surface area contributed by atoms with E-state index in [1.54, 1.807) is 6.92 Å². The molecule has 0 rings (SSSR count). The first-order chi connectivity index (χ1) is 7.02. The standard InChI is InChI=1S/C8H18BrNO4S2/c1-7(9)6-8(2)10-16(13,14)5-4-15(3,11)12/h7-8,10H,4-6H2,1-3H3. The Bertz CT molecular complexity index is 402. The zero-order valence-corrected chi connectivity index (χ0v) is 12.8. The topological polar surface area (TPSA) is 80.3 Å². The number of hydrogen-bond acceptors (Lipinski definition) is 4. The highest BCUT2D eigenvalue weighted by Gasteiger charge is 2.17. The molecule has 2 atom stereocenters. The second-order valence-corrected chi connectivity index (χ2v) is 9.68. The minimum absolute atomic E-state index is 0.208. The molecular formula is C8H18BrNO4S2. The maximum absolute atomic E-state index is 11.5. The molecule has 0 aromatic rings. The van der Waals surface area contributed by atoms with Crippen LogP contribution in [0.1, 0.15) is 20.3 Å². The number of sulfone groups is 1. The number of halogens is 1. The molecule has 0 fully saturated rings. The van der Waals surface area contributed by atoms with Crippen molar-refractivity contribution in [3.05, 3.63) is 0 Å². The van der Waals surface area contributed by atoms with Crippen molar-refractivity contribution in [2.75, 3.05) is 17.8 Å². The van der Waals surface area contributed by atoms with Gasteiger partial charge in [0.25, 0.3) is 0 Å². The Balaban J connectivity index is 4.26. The maximum Gasteiger partial charge on any atom is 0.212 e. The largest absolute Gasteiger partial charge is 0.229 e. The van der Waals surface area contributed by atoms with Crippen molar-refractivity contribution < 1.29 is 16.8 Å². The summed E-state index contributed by atoms with van der Waals surface area (Å²) in [5, 5.41) is 0. The molecule has 0 amide bonds.